The zero-order valence-electron chi connectivity index (χ0n) is 13.7. The smallest absolute Gasteiger partial charge is 0.0353 e. The lowest BCUT2D eigenvalue weighted by Crippen LogP contribution is -2.21. The summed E-state index contributed by atoms with van der Waals surface area (Å²) < 4.78 is 0. The van der Waals surface area contributed by atoms with Crippen LogP contribution >= 0.6 is 0 Å². The van der Waals surface area contributed by atoms with Crippen LogP contribution in [0.15, 0.2) is 104 Å². The van der Waals surface area contributed by atoms with Gasteiger partial charge in [-0.1, -0.05) is 97.1 Å². The molecule has 0 bridgehead atoms. The molecule has 0 heterocycles. The van der Waals surface area contributed by atoms with E-state index in [1.165, 1.54) is 27.5 Å². The van der Waals surface area contributed by atoms with E-state index in [2.05, 4.69) is 104 Å². The standard InChI is InChI=1S/C24H20/c1-2-24(17-9-4-10-18-24)23-16-15-20(19-11-5-3-6-12-19)21-13-7-8-14-22(21)23/h2-17H,1,18H2. The van der Waals surface area contributed by atoms with Crippen LogP contribution < -0.4 is 0 Å². The fourth-order valence-corrected chi connectivity index (χ4v) is 3.67. The van der Waals surface area contributed by atoms with Crippen LogP contribution in [0.4, 0.5) is 0 Å². The van der Waals surface area contributed by atoms with Gasteiger partial charge in [0.15, 0.2) is 0 Å². The van der Waals surface area contributed by atoms with E-state index >= 15 is 0 Å². The third-order valence-electron chi connectivity index (χ3n) is 4.97. The van der Waals surface area contributed by atoms with Gasteiger partial charge in [-0.05, 0) is 33.9 Å². The summed E-state index contributed by atoms with van der Waals surface area (Å²) in [5.74, 6) is 0. The number of hydrogen-bond acceptors (Lipinski definition) is 0. The van der Waals surface area contributed by atoms with Crippen molar-refractivity contribution >= 4 is 10.8 Å². The molecule has 0 heteroatoms. The Bertz CT molecular complexity index is 944. The number of hydrogen-bond donors (Lipinski definition) is 0. The van der Waals surface area contributed by atoms with Crippen molar-refractivity contribution < 1.29 is 0 Å². The van der Waals surface area contributed by atoms with Crippen LogP contribution in [0.3, 0.4) is 0 Å². The molecule has 0 aromatic heterocycles. The summed E-state index contributed by atoms with van der Waals surface area (Å²) in [6.07, 6.45) is 11.8. The number of benzene rings is 3. The highest BCUT2D eigenvalue weighted by Gasteiger charge is 2.28. The van der Waals surface area contributed by atoms with Crippen molar-refractivity contribution in [2.24, 2.45) is 0 Å². The van der Waals surface area contributed by atoms with Gasteiger partial charge in [0.05, 0.1) is 0 Å². The van der Waals surface area contributed by atoms with Crippen LogP contribution in [0.2, 0.25) is 0 Å². The van der Waals surface area contributed by atoms with Crippen LogP contribution in [0, 0.1) is 0 Å². The summed E-state index contributed by atoms with van der Waals surface area (Å²) in [7, 11) is 0. The highest BCUT2D eigenvalue weighted by molar-refractivity contribution is 5.99. The van der Waals surface area contributed by atoms with Crippen molar-refractivity contribution in [1.82, 2.24) is 0 Å². The van der Waals surface area contributed by atoms with E-state index in [9.17, 15) is 0 Å². The Morgan fingerprint density at radius 3 is 2.25 bits per heavy atom. The van der Waals surface area contributed by atoms with Gasteiger partial charge in [0.25, 0.3) is 0 Å². The molecule has 0 nitrogen and oxygen atoms in total. The highest BCUT2D eigenvalue weighted by Crippen LogP contribution is 2.40. The minimum Gasteiger partial charge on any atom is -0.102 e. The predicted octanol–water partition coefficient (Wildman–Crippen LogP) is 6.45. The topological polar surface area (TPSA) is 0 Å². The minimum atomic E-state index is -0.121. The molecular formula is C24H20. The Labute approximate surface area is 143 Å². The zero-order valence-corrected chi connectivity index (χ0v) is 13.7. The van der Waals surface area contributed by atoms with Gasteiger partial charge in [0.1, 0.15) is 0 Å². The largest absolute Gasteiger partial charge is 0.102 e. The molecule has 0 amide bonds. The molecule has 116 valence electrons. The van der Waals surface area contributed by atoms with Crippen molar-refractivity contribution in [2.75, 3.05) is 0 Å². The molecular weight excluding hydrogens is 288 g/mol. The van der Waals surface area contributed by atoms with E-state index in [-0.39, 0.29) is 5.41 Å². The van der Waals surface area contributed by atoms with Crippen molar-refractivity contribution in [3.05, 3.63) is 109 Å². The van der Waals surface area contributed by atoms with Gasteiger partial charge in [0, 0.05) is 5.41 Å². The predicted molar refractivity (Wildman–Crippen MR) is 104 cm³/mol. The first-order chi connectivity index (χ1) is 11.8. The van der Waals surface area contributed by atoms with Gasteiger partial charge < -0.3 is 0 Å². The molecule has 3 aromatic rings. The summed E-state index contributed by atoms with van der Waals surface area (Å²) in [6, 6.07) is 23.8. The van der Waals surface area contributed by atoms with Gasteiger partial charge in [-0.25, -0.2) is 0 Å². The van der Waals surface area contributed by atoms with Crippen LogP contribution in [0.25, 0.3) is 21.9 Å². The van der Waals surface area contributed by atoms with Crippen LogP contribution in [0.5, 0.6) is 0 Å². The number of rotatable bonds is 3. The molecule has 0 saturated heterocycles. The monoisotopic (exact) mass is 308 g/mol. The second kappa shape index (κ2) is 5.98. The fourth-order valence-electron chi connectivity index (χ4n) is 3.67. The molecule has 0 N–H and O–H groups in total. The average molecular weight is 308 g/mol. The van der Waals surface area contributed by atoms with E-state index in [1.54, 1.807) is 0 Å². The Morgan fingerprint density at radius 2 is 1.54 bits per heavy atom. The van der Waals surface area contributed by atoms with Gasteiger partial charge in [-0.15, -0.1) is 6.58 Å². The van der Waals surface area contributed by atoms with Crippen molar-refractivity contribution in [3.8, 4) is 11.1 Å². The highest BCUT2D eigenvalue weighted by atomic mass is 14.3. The first-order valence-electron chi connectivity index (χ1n) is 8.40. The molecule has 1 unspecified atom stereocenters. The van der Waals surface area contributed by atoms with Crippen molar-refractivity contribution in [2.45, 2.75) is 11.8 Å². The SMILES string of the molecule is C=CC1(c2ccc(-c3ccccc3)c3ccccc23)C=CC=CC1. The maximum atomic E-state index is 4.14. The van der Waals surface area contributed by atoms with Crippen LogP contribution in [-0.2, 0) is 5.41 Å². The maximum Gasteiger partial charge on any atom is 0.0353 e. The van der Waals surface area contributed by atoms with E-state index in [0.29, 0.717) is 0 Å². The lowest BCUT2D eigenvalue weighted by molar-refractivity contribution is 0.683. The van der Waals surface area contributed by atoms with Crippen LogP contribution in [-0.4, -0.2) is 0 Å². The second-order valence-electron chi connectivity index (χ2n) is 6.31. The quantitative estimate of drug-likeness (QED) is 0.488. The Hall–Kier alpha value is -2.86. The molecule has 0 aliphatic heterocycles. The molecule has 4 rings (SSSR count). The molecule has 1 aliphatic carbocycles. The lowest BCUT2D eigenvalue weighted by atomic mass is 9.73. The van der Waals surface area contributed by atoms with Crippen LogP contribution in [0.1, 0.15) is 12.0 Å². The van der Waals surface area contributed by atoms with Gasteiger partial charge in [0.2, 0.25) is 0 Å². The Morgan fingerprint density at radius 1 is 0.792 bits per heavy atom. The zero-order chi connectivity index (χ0) is 16.4. The molecule has 1 aliphatic rings. The maximum absolute atomic E-state index is 4.14. The average Bonchev–Trinajstić information content (AvgIpc) is 2.68. The van der Waals surface area contributed by atoms with Crippen molar-refractivity contribution in [3.63, 3.8) is 0 Å². The van der Waals surface area contributed by atoms with Crippen molar-refractivity contribution in [1.29, 1.82) is 0 Å². The van der Waals surface area contributed by atoms with E-state index in [4.69, 9.17) is 0 Å². The Balaban J connectivity index is 1.99. The number of allylic oxidation sites excluding steroid dienone is 5. The molecule has 0 fully saturated rings. The molecule has 0 saturated carbocycles. The summed E-state index contributed by atoms with van der Waals surface area (Å²) in [6.45, 7) is 4.14. The molecule has 3 aromatic carbocycles. The summed E-state index contributed by atoms with van der Waals surface area (Å²) in [5.41, 5.74) is 3.74. The van der Waals surface area contributed by atoms with Gasteiger partial charge in [-0.2, -0.15) is 0 Å². The summed E-state index contributed by atoms with van der Waals surface area (Å²) >= 11 is 0. The molecule has 0 radical (unpaired) electrons. The van der Waals surface area contributed by atoms with E-state index in [0.717, 1.165) is 6.42 Å². The summed E-state index contributed by atoms with van der Waals surface area (Å²) in [5, 5.41) is 2.60. The third kappa shape index (κ3) is 2.32. The van der Waals surface area contributed by atoms with E-state index < -0.39 is 0 Å². The first kappa shape index (κ1) is 14.7. The second-order valence-corrected chi connectivity index (χ2v) is 6.31. The normalized spacial score (nSPS) is 19.5. The molecule has 1 atom stereocenters. The minimum absolute atomic E-state index is 0.121. The first-order valence-corrected chi connectivity index (χ1v) is 8.40. The van der Waals surface area contributed by atoms with Gasteiger partial charge in [-0.3, -0.25) is 0 Å². The fraction of sp³-hybridized carbons (Fsp3) is 0.0833. The Kier molecular flexibility index (Phi) is 3.66. The molecule has 0 spiro atoms. The number of fused-ring (bicyclic) bond motifs is 1. The lowest BCUT2D eigenvalue weighted by Gasteiger charge is -2.30. The molecule has 24 heavy (non-hydrogen) atoms. The third-order valence-corrected chi connectivity index (χ3v) is 4.97. The summed E-state index contributed by atoms with van der Waals surface area (Å²) in [4.78, 5) is 0. The van der Waals surface area contributed by atoms with Gasteiger partial charge >= 0.3 is 0 Å². The van der Waals surface area contributed by atoms with E-state index in [1.807, 2.05) is 0 Å².